The van der Waals surface area contributed by atoms with E-state index in [1.807, 2.05) is 44.4 Å². The van der Waals surface area contributed by atoms with Crippen LogP contribution < -0.4 is 10.1 Å². The topological polar surface area (TPSA) is 54.7 Å². The van der Waals surface area contributed by atoms with E-state index in [0.29, 0.717) is 19.7 Å². The highest BCUT2D eigenvalue weighted by molar-refractivity contribution is 14.0. The van der Waals surface area contributed by atoms with Crippen LogP contribution in [-0.4, -0.2) is 47.4 Å². The maximum absolute atomic E-state index is 13.6. The quantitative estimate of drug-likeness (QED) is 0.369. The second-order valence-electron chi connectivity index (χ2n) is 6.14. The number of halogens is 2. The van der Waals surface area contributed by atoms with Crippen LogP contribution in [0.4, 0.5) is 4.39 Å². The Labute approximate surface area is 177 Å². The first-order valence-corrected chi connectivity index (χ1v) is 8.79. The molecule has 8 heteroatoms. The monoisotopic (exact) mass is 489 g/mol. The number of likely N-dealkylation sites (N-methyl/N-ethyl adjacent to an activating group) is 1. The first-order valence-electron chi connectivity index (χ1n) is 8.79. The van der Waals surface area contributed by atoms with Crippen molar-refractivity contribution >= 4 is 29.9 Å². The van der Waals surface area contributed by atoms with Crippen molar-refractivity contribution in [1.82, 2.24) is 20.0 Å². The van der Waals surface area contributed by atoms with Gasteiger partial charge in [0.1, 0.15) is 6.61 Å². The van der Waals surface area contributed by atoms with Crippen LogP contribution in [0.15, 0.2) is 29.3 Å². The van der Waals surface area contributed by atoms with Crippen LogP contribution in [-0.2, 0) is 13.6 Å². The normalized spacial score (nSPS) is 11.1. The molecule has 1 N–H and O–H groups in total. The first-order chi connectivity index (χ1) is 12.4. The highest BCUT2D eigenvalue weighted by Crippen LogP contribution is 2.15. The molecule has 0 saturated heterocycles. The van der Waals surface area contributed by atoms with Gasteiger partial charge in [-0.05, 0) is 32.9 Å². The molecule has 27 heavy (non-hydrogen) atoms. The number of benzene rings is 1. The Bertz CT molecular complexity index is 763. The largest absolute Gasteiger partial charge is 0.489 e. The Morgan fingerprint density at radius 2 is 2.04 bits per heavy atom. The van der Waals surface area contributed by atoms with Crippen LogP contribution in [0.25, 0.3) is 0 Å². The minimum Gasteiger partial charge on any atom is -0.489 e. The predicted octanol–water partition coefficient (Wildman–Crippen LogP) is 3.27. The van der Waals surface area contributed by atoms with Crippen LogP contribution in [0.2, 0.25) is 0 Å². The lowest BCUT2D eigenvalue weighted by atomic mass is 10.2. The van der Waals surface area contributed by atoms with Crippen molar-refractivity contribution in [3.63, 3.8) is 0 Å². The summed E-state index contributed by atoms with van der Waals surface area (Å²) in [5.74, 6) is 0.704. The maximum atomic E-state index is 13.6. The third-order valence-electron chi connectivity index (χ3n) is 4.26. The molecule has 0 fully saturated rings. The fourth-order valence-electron chi connectivity index (χ4n) is 2.63. The predicted molar refractivity (Wildman–Crippen MR) is 117 cm³/mol. The summed E-state index contributed by atoms with van der Waals surface area (Å²) in [4.78, 5) is 6.69. The van der Waals surface area contributed by atoms with Crippen LogP contribution in [0.5, 0.6) is 5.75 Å². The van der Waals surface area contributed by atoms with Gasteiger partial charge in [0.2, 0.25) is 0 Å². The number of nitrogens with one attached hydrogen (secondary N) is 1. The summed E-state index contributed by atoms with van der Waals surface area (Å²) in [5, 5.41) is 7.71. The first kappa shape index (κ1) is 23.2. The molecule has 0 radical (unpaired) electrons. The lowest BCUT2D eigenvalue weighted by Crippen LogP contribution is -2.40. The van der Waals surface area contributed by atoms with Gasteiger partial charge in [-0.2, -0.15) is 5.10 Å². The van der Waals surface area contributed by atoms with Gasteiger partial charge in [0, 0.05) is 31.9 Å². The van der Waals surface area contributed by atoms with E-state index < -0.39 is 0 Å². The van der Waals surface area contributed by atoms with Crippen molar-refractivity contribution in [2.24, 2.45) is 12.0 Å². The second-order valence-corrected chi connectivity index (χ2v) is 6.14. The summed E-state index contributed by atoms with van der Waals surface area (Å²) in [6.07, 6.45) is 0. The number of aryl methyl sites for hydroxylation is 2. The van der Waals surface area contributed by atoms with E-state index in [-0.39, 0.29) is 35.5 Å². The van der Waals surface area contributed by atoms with E-state index in [4.69, 9.17) is 9.73 Å². The Hall–Kier alpha value is -1.84. The molecule has 0 bridgehead atoms. The Morgan fingerprint density at radius 3 is 2.63 bits per heavy atom. The SMILES string of the molecule is CCNC(=NCc1c(C)nn(C)c1C)N(C)CCOc1ccccc1F.I. The molecule has 1 heterocycles. The Morgan fingerprint density at radius 1 is 1.33 bits per heavy atom. The minimum absolute atomic E-state index is 0. The lowest BCUT2D eigenvalue weighted by Gasteiger charge is -2.22. The van der Waals surface area contributed by atoms with Crippen LogP contribution in [0.1, 0.15) is 23.9 Å². The molecule has 0 aliphatic carbocycles. The number of hydrogen-bond donors (Lipinski definition) is 1. The number of ether oxygens (including phenoxy) is 1. The van der Waals surface area contributed by atoms with Crippen LogP contribution in [0, 0.1) is 19.7 Å². The molecular formula is C19H29FIN5O. The fraction of sp³-hybridized carbons (Fsp3) is 0.474. The van der Waals surface area contributed by atoms with Gasteiger partial charge in [-0.15, -0.1) is 24.0 Å². The second kappa shape index (κ2) is 11.1. The molecule has 0 aliphatic heterocycles. The molecule has 2 rings (SSSR count). The minimum atomic E-state index is -0.349. The van der Waals surface area contributed by atoms with E-state index in [2.05, 4.69) is 10.4 Å². The number of hydrogen-bond acceptors (Lipinski definition) is 3. The number of rotatable bonds is 7. The highest BCUT2D eigenvalue weighted by Gasteiger charge is 2.11. The number of aromatic nitrogens is 2. The molecular weight excluding hydrogens is 460 g/mol. The average molecular weight is 489 g/mol. The number of guanidine groups is 1. The molecule has 0 atom stereocenters. The van der Waals surface area contributed by atoms with Crippen LogP contribution in [0.3, 0.4) is 0 Å². The van der Waals surface area contributed by atoms with Gasteiger partial charge in [-0.3, -0.25) is 4.68 Å². The molecule has 6 nitrogen and oxygen atoms in total. The average Bonchev–Trinajstić information content (AvgIpc) is 2.85. The van der Waals surface area contributed by atoms with Gasteiger partial charge in [0.05, 0.1) is 18.8 Å². The van der Waals surface area contributed by atoms with Crippen molar-refractivity contribution in [2.75, 3.05) is 26.7 Å². The molecule has 0 aliphatic rings. The fourth-order valence-corrected chi connectivity index (χ4v) is 2.63. The van der Waals surface area contributed by atoms with Gasteiger partial charge < -0.3 is 15.0 Å². The number of nitrogens with zero attached hydrogens (tertiary/aromatic N) is 4. The van der Waals surface area contributed by atoms with Gasteiger partial charge in [-0.1, -0.05) is 12.1 Å². The lowest BCUT2D eigenvalue weighted by molar-refractivity contribution is 0.270. The third-order valence-corrected chi connectivity index (χ3v) is 4.26. The molecule has 1 aromatic heterocycles. The van der Waals surface area contributed by atoms with Crippen molar-refractivity contribution < 1.29 is 9.13 Å². The van der Waals surface area contributed by atoms with E-state index in [1.165, 1.54) is 6.07 Å². The van der Waals surface area contributed by atoms with Crippen molar-refractivity contribution in [1.29, 1.82) is 0 Å². The van der Waals surface area contributed by atoms with Gasteiger partial charge in [0.15, 0.2) is 17.5 Å². The zero-order valence-electron chi connectivity index (χ0n) is 16.6. The summed E-state index contributed by atoms with van der Waals surface area (Å²) in [6.45, 7) is 8.35. The van der Waals surface area contributed by atoms with Crippen molar-refractivity contribution in [3.8, 4) is 5.75 Å². The van der Waals surface area contributed by atoms with Crippen molar-refractivity contribution in [2.45, 2.75) is 27.3 Å². The Balaban J connectivity index is 0.00000364. The molecule has 0 amide bonds. The van der Waals surface area contributed by atoms with Gasteiger partial charge >= 0.3 is 0 Å². The molecule has 0 spiro atoms. The van der Waals surface area contributed by atoms with E-state index in [1.54, 1.807) is 18.2 Å². The smallest absolute Gasteiger partial charge is 0.194 e. The van der Waals surface area contributed by atoms with Gasteiger partial charge in [0.25, 0.3) is 0 Å². The summed E-state index contributed by atoms with van der Waals surface area (Å²) < 4.78 is 21.0. The maximum Gasteiger partial charge on any atom is 0.194 e. The standard InChI is InChI=1S/C19H28FN5O.HI/c1-6-21-19(22-13-16-14(2)23-25(5)15(16)3)24(4)11-12-26-18-10-8-7-9-17(18)20;/h7-10H,6,11-13H2,1-5H3,(H,21,22);1H. The summed E-state index contributed by atoms with van der Waals surface area (Å²) in [7, 11) is 3.88. The van der Waals surface area contributed by atoms with E-state index in [0.717, 1.165) is 29.5 Å². The summed E-state index contributed by atoms with van der Waals surface area (Å²) in [5.41, 5.74) is 3.25. The molecule has 0 unspecified atom stereocenters. The molecule has 1 aromatic carbocycles. The van der Waals surface area contributed by atoms with Crippen LogP contribution >= 0.6 is 24.0 Å². The molecule has 150 valence electrons. The summed E-state index contributed by atoms with van der Waals surface area (Å²) in [6, 6.07) is 6.42. The zero-order valence-corrected chi connectivity index (χ0v) is 19.0. The van der Waals surface area contributed by atoms with Crippen molar-refractivity contribution in [3.05, 3.63) is 47.0 Å². The number of para-hydroxylation sites is 1. The van der Waals surface area contributed by atoms with Gasteiger partial charge in [-0.25, -0.2) is 9.38 Å². The van der Waals surface area contributed by atoms with E-state index in [9.17, 15) is 4.39 Å². The molecule has 2 aromatic rings. The highest BCUT2D eigenvalue weighted by atomic mass is 127. The number of aliphatic imine (C=N–C) groups is 1. The molecule has 0 saturated carbocycles. The van der Waals surface area contributed by atoms with E-state index >= 15 is 0 Å². The Kier molecular flexibility index (Phi) is 9.54. The zero-order chi connectivity index (χ0) is 19.1. The summed E-state index contributed by atoms with van der Waals surface area (Å²) >= 11 is 0. The third kappa shape index (κ3) is 6.37.